The predicted octanol–water partition coefficient (Wildman–Crippen LogP) is 2.10. The number of carbonyl (C=O) groups excluding carboxylic acids is 1. The van der Waals surface area contributed by atoms with Crippen LogP contribution in [0.3, 0.4) is 0 Å². The van der Waals surface area contributed by atoms with Crippen molar-refractivity contribution in [2.75, 3.05) is 26.2 Å². The third kappa shape index (κ3) is 4.31. The lowest BCUT2D eigenvalue weighted by molar-refractivity contribution is -0.126. The zero-order valence-electron chi connectivity index (χ0n) is 13.8. The molecule has 1 aliphatic rings. The lowest BCUT2D eigenvalue weighted by atomic mass is 9.91. The van der Waals surface area contributed by atoms with Crippen LogP contribution in [0.5, 0.6) is 0 Å². The van der Waals surface area contributed by atoms with Crippen LogP contribution in [0.25, 0.3) is 0 Å². The molecule has 22 heavy (non-hydrogen) atoms. The molecule has 1 heterocycles. The van der Waals surface area contributed by atoms with E-state index in [1.54, 1.807) is 6.92 Å². The summed E-state index contributed by atoms with van der Waals surface area (Å²) in [5, 5.41) is 3.06. The first kappa shape index (κ1) is 17.0. The van der Waals surface area contributed by atoms with Crippen molar-refractivity contribution in [3.63, 3.8) is 0 Å². The molecule has 1 fully saturated rings. The van der Waals surface area contributed by atoms with Crippen molar-refractivity contribution < 1.29 is 4.79 Å². The second-order valence-electron chi connectivity index (χ2n) is 6.56. The van der Waals surface area contributed by atoms with Gasteiger partial charge in [0.15, 0.2) is 0 Å². The highest BCUT2D eigenvalue weighted by molar-refractivity contribution is 5.86. The van der Waals surface area contributed by atoms with Crippen molar-refractivity contribution in [3.05, 3.63) is 35.9 Å². The molecule has 2 rings (SSSR count). The van der Waals surface area contributed by atoms with E-state index in [1.807, 2.05) is 30.3 Å². The fraction of sp³-hybridized carbons (Fsp3) is 0.611. The van der Waals surface area contributed by atoms with Crippen LogP contribution in [-0.4, -0.2) is 37.0 Å². The van der Waals surface area contributed by atoms with Gasteiger partial charge >= 0.3 is 0 Å². The molecule has 4 nitrogen and oxygen atoms in total. The van der Waals surface area contributed by atoms with Gasteiger partial charge in [-0.15, -0.1) is 0 Å². The third-order valence-corrected chi connectivity index (χ3v) is 4.64. The summed E-state index contributed by atoms with van der Waals surface area (Å²) >= 11 is 0. The summed E-state index contributed by atoms with van der Waals surface area (Å²) in [6, 6.07) is 9.57. The molecule has 0 aromatic heterocycles. The third-order valence-electron chi connectivity index (χ3n) is 4.64. The molecule has 0 bridgehead atoms. The normalized spacial score (nSPS) is 19.6. The van der Waals surface area contributed by atoms with E-state index in [0.717, 1.165) is 38.0 Å². The number of rotatable bonds is 6. The smallest absolute Gasteiger partial charge is 0.244 e. The van der Waals surface area contributed by atoms with Crippen molar-refractivity contribution >= 4 is 5.91 Å². The maximum Gasteiger partial charge on any atom is 0.244 e. The molecule has 1 unspecified atom stereocenters. The van der Waals surface area contributed by atoms with Gasteiger partial charge < -0.3 is 16.0 Å². The Hall–Kier alpha value is -1.39. The highest BCUT2D eigenvalue weighted by Gasteiger charge is 2.30. The van der Waals surface area contributed by atoms with Crippen molar-refractivity contribution in [3.8, 4) is 0 Å². The number of nitrogens with two attached hydrogens (primary N) is 1. The van der Waals surface area contributed by atoms with E-state index in [0.29, 0.717) is 5.92 Å². The van der Waals surface area contributed by atoms with Gasteiger partial charge in [-0.25, -0.2) is 0 Å². The first-order chi connectivity index (χ1) is 10.5. The molecular formula is C18H29N3O. The number of nitrogens with one attached hydrogen (secondary N) is 1. The lowest BCUT2D eigenvalue weighted by Gasteiger charge is -2.32. The van der Waals surface area contributed by atoms with Gasteiger partial charge in [0.25, 0.3) is 0 Å². The lowest BCUT2D eigenvalue weighted by Crippen LogP contribution is -2.50. The zero-order valence-corrected chi connectivity index (χ0v) is 13.8. The topological polar surface area (TPSA) is 58.4 Å². The van der Waals surface area contributed by atoms with Gasteiger partial charge in [-0.1, -0.05) is 37.3 Å². The van der Waals surface area contributed by atoms with E-state index in [2.05, 4.69) is 17.1 Å². The second kappa shape index (κ2) is 7.75. The van der Waals surface area contributed by atoms with E-state index in [-0.39, 0.29) is 5.91 Å². The average molecular weight is 303 g/mol. The van der Waals surface area contributed by atoms with Crippen LogP contribution in [0.15, 0.2) is 30.3 Å². The van der Waals surface area contributed by atoms with Gasteiger partial charge in [0.1, 0.15) is 5.54 Å². The van der Waals surface area contributed by atoms with Crippen LogP contribution in [0.2, 0.25) is 0 Å². The Bertz CT molecular complexity index is 464. The Balaban J connectivity index is 1.81. The molecule has 1 aliphatic heterocycles. The van der Waals surface area contributed by atoms with E-state index in [4.69, 9.17) is 5.73 Å². The summed E-state index contributed by atoms with van der Waals surface area (Å²) < 4.78 is 0. The minimum absolute atomic E-state index is 0.0883. The molecule has 0 radical (unpaired) electrons. The number of amides is 1. The van der Waals surface area contributed by atoms with Gasteiger partial charge in [-0.2, -0.15) is 0 Å². The maximum absolute atomic E-state index is 12.4. The van der Waals surface area contributed by atoms with Crippen LogP contribution < -0.4 is 11.1 Å². The minimum atomic E-state index is -0.968. The molecule has 1 aromatic rings. The van der Waals surface area contributed by atoms with Crippen molar-refractivity contribution in [1.29, 1.82) is 0 Å². The maximum atomic E-state index is 12.4. The van der Waals surface area contributed by atoms with Crippen LogP contribution in [-0.2, 0) is 10.3 Å². The molecule has 0 saturated carbocycles. The van der Waals surface area contributed by atoms with E-state index >= 15 is 0 Å². The first-order valence-electron chi connectivity index (χ1n) is 8.39. The molecule has 1 saturated heterocycles. The highest BCUT2D eigenvalue weighted by Crippen LogP contribution is 2.19. The fourth-order valence-corrected chi connectivity index (χ4v) is 3.07. The zero-order chi connectivity index (χ0) is 16.0. The molecular weight excluding hydrogens is 274 g/mol. The summed E-state index contributed by atoms with van der Waals surface area (Å²) in [6.45, 7) is 8.21. The van der Waals surface area contributed by atoms with Crippen LogP contribution in [0.4, 0.5) is 0 Å². The Kier molecular flexibility index (Phi) is 5.98. The van der Waals surface area contributed by atoms with Crippen LogP contribution in [0, 0.1) is 5.92 Å². The standard InChI is InChI=1S/C18H29N3O/c1-3-11-21-12-9-15(10-13-21)14-20-17(22)18(2,19)16-7-5-4-6-8-16/h4-8,15H,3,9-14,19H2,1-2H3,(H,20,22). The van der Waals surface area contributed by atoms with Crippen molar-refractivity contribution in [2.45, 2.75) is 38.6 Å². The molecule has 1 aromatic carbocycles. The molecule has 3 N–H and O–H groups in total. The Morgan fingerprint density at radius 2 is 1.95 bits per heavy atom. The number of piperidine rings is 1. The number of likely N-dealkylation sites (tertiary alicyclic amines) is 1. The highest BCUT2D eigenvalue weighted by atomic mass is 16.2. The largest absolute Gasteiger partial charge is 0.354 e. The van der Waals surface area contributed by atoms with E-state index in [9.17, 15) is 4.79 Å². The SMILES string of the molecule is CCCN1CCC(CNC(=O)C(C)(N)c2ccccc2)CC1. The van der Waals surface area contributed by atoms with Crippen molar-refractivity contribution in [1.82, 2.24) is 10.2 Å². The van der Waals surface area contributed by atoms with E-state index in [1.165, 1.54) is 13.0 Å². The molecule has 1 amide bonds. The molecule has 1 atom stereocenters. The van der Waals surface area contributed by atoms with Gasteiger partial charge in [0.05, 0.1) is 0 Å². The summed E-state index contributed by atoms with van der Waals surface area (Å²) in [5.41, 5.74) is 6.12. The summed E-state index contributed by atoms with van der Waals surface area (Å²) in [7, 11) is 0. The Morgan fingerprint density at radius 3 is 2.55 bits per heavy atom. The Morgan fingerprint density at radius 1 is 1.32 bits per heavy atom. The van der Waals surface area contributed by atoms with Crippen molar-refractivity contribution in [2.24, 2.45) is 11.7 Å². The second-order valence-corrected chi connectivity index (χ2v) is 6.56. The van der Waals surface area contributed by atoms with E-state index < -0.39 is 5.54 Å². The predicted molar refractivity (Wildman–Crippen MR) is 90.4 cm³/mol. The number of hydrogen-bond donors (Lipinski definition) is 2. The summed E-state index contributed by atoms with van der Waals surface area (Å²) in [6.07, 6.45) is 3.53. The number of nitrogens with zero attached hydrogens (tertiary/aromatic N) is 1. The monoisotopic (exact) mass is 303 g/mol. The Labute approximate surface area is 134 Å². The molecule has 122 valence electrons. The summed E-state index contributed by atoms with van der Waals surface area (Å²) in [4.78, 5) is 14.9. The molecule has 0 spiro atoms. The minimum Gasteiger partial charge on any atom is -0.354 e. The van der Waals surface area contributed by atoms with Gasteiger partial charge in [0.2, 0.25) is 5.91 Å². The van der Waals surface area contributed by atoms with Crippen LogP contribution >= 0.6 is 0 Å². The van der Waals surface area contributed by atoms with Gasteiger partial charge in [0, 0.05) is 6.54 Å². The first-order valence-corrected chi connectivity index (χ1v) is 8.39. The molecule has 4 heteroatoms. The van der Waals surface area contributed by atoms with Gasteiger partial charge in [-0.3, -0.25) is 4.79 Å². The van der Waals surface area contributed by atoms with Crippen LogP contribution in [0.1, 0.15) is 38.7 Å². The number of hydrogen-bond acceptors (Lipinski definition) is 3. The average Bonchev–Trinajstić information content (AvgIpc) is 2.55. The quantitative estimate of drug-likeness (QED) is 0.846. The number of carbonyl (C=O) groups is 1. The number of benzene rings is 1. The summed E-state index contributed by atoms with van der Waals surface area (Å²) in [5.74, 6) is 0.485. The fourth-order valence-electron chi connectivity index (χ4n) is 3.07. The molecule has 0 aliphatic carbocycles. The van der Waals surface area contributed by atoms with Gasteiger partial charge in [-0.05, 0) is 57.3 Å².